The van der Waals surface area contributed by atoms with Crippen LogP contribution in [0.25, 0.3) is 10.6 Å². The van der Waals surface area contributed by atoms with Crippen LogP contribution in [0, 0.1) is 12.8 Å². The van der Waals surface area contributed by atoms with Crippen molar-refractivity contribution in [3.63, 3.8) is 0 Å². The molecule has 0 saturated heterocycles. The smallest absolute Gasteiger partial charge is 0.326 e. The van der Waals surface area contributed by atoms with Crippen LogP contribution in [0.5, 0.6) is 0 Å². The maximum atomic E-state index is 12.3. The summed E-state index contributed by atoms with van der Waals surface area (Å²) in [7, 11) is 1.74. The Kier molecular flexibility index (Phi) is 7.37. The van der Waals surface area contributed by atoms with Crippen LogP contribution in [0.3, 0.4) is 0 Å². The molecule has 3 aromatic rings. The molecule has 3 aromatic heterocycles. The van der Waals surface area contributed by atoms with Gasteiger partial charge >= 0.3 is 5.97 Å². The third-order valence-electron chi connectivity index (χ3n) is 4.62. The van der Waals surface area contributed by atoms with E-state index in [0.717, 1.165) is 16.1 Å². The van der Waals surface area contributed by atoms with Gasteiger partial charge in [0.05, 0.1) is 17.1 Å². The first-order valence-corrected chi connectivity index (χ1v) is 10.9. The maximum Gasteiger partial charge on any atom is 0.326 e. The molecule has 0 aliphatic heterocycles. The van der Waals surface area contributed by atoms with E-state index in [2.05, 4.69) is 25.6 Å². The Labute approximate surface area is 190 Å². The Morgan fingerprint density at radius 1 is 1.19 bits per heavy atom. The van der Waals surface area contributed by atoms with Gasteiger partial charge in [-0.25, -0.2) is 19.7 Å². The summed E-state index contributed by atoms with van der Waals surface area (Å²) < 4.78 is 0. The number of rotatable bonds is 9. The Morgan fingerprint density at radius 3 is 2.66 bits per heavy atom. The minimum Gasteiger partial charge on any atom is -0.480 e. The summed E-state index contributed by atoms with van der Waals surface area (Å²) >= 11 is 1.40. The van der Waals surface area contributed by atoms with Crippen LogP contribution in [-0.4, -0.2) is 51.6 Å². The summed E-state index contributed by atoms with van der Waals surface area (Å²) in [6, 6.07) is 8.58. The third kappa shape index (κ3) is 6.01. The number of aryl methyl sites for hydroxylation is 1. The van der Waals surface area contributed by atoms with Crippen LogP contribution in [0.4, 0.5) is 16.8 Å². The highest BCUT2D eigenvalue weighted by Gasteiger charge is 2.24. The van der Waals surface area contributed by atoms with Crippen molar-refractivity contribution < 1.29 is 14.7 Å². The van der Waals surface area contributed by atoms with E-state index in [1.165, 1.54) is 11.3 Å². The van der Waals surface area contributed by atoms with Gasteiger partial charge in [-0.1, -0.05) is 31.3 Å². The highest BCUT2D eigenvalue weighted by molar-refractivity contribution is 7.18. The first-order valence-electron chi connectivity index (χ1n) is 10.1. The number of aliphatic carboxylic acids is 1. The predicted octanol–water partition coefficient (Wildman–Crippen LogP) is 3.31. The van der Waals surface area contributed by atoms with Crippen molar-refractivity contribution in [2.45, 2.75) is 26.8 Å². The average molecular weight is 455 g/mol. The van der Waals surface area contributed by atoms with Crippen LogP contribution in [0.15, 0.2) is 42.7 Å². The number of carbonyl (C=O) groups is 2. The molecule has 0 aromatic carbocycles. The van der Waals surface area contributed by atoms with Crippen molar-refractivity contribution in [2.75, 3.05) is 23.8 Å². The normalized spacial score (nSPS) is 11.8. The van der Waals surface area contributed by atoms with Gasteiger partial charge in [0.25, 0.3) is 0 Å². The quantitative estimate of drug-likeness (QED) is 0.450. The lowest BCUT2D eigenvalue weighted by Crippen LogP contribution is -2.47. The lowest BCUT2D eigenvalue weighted by Gasteiger charge is -2.20. The number of pyridine rings is 2. The number of nitrogens with one attached hydrogen (secondary N) is 2. The van der Waals surface area contributed by atoms with Gasteiger partial charge in [0.2, 0.25) is 5.91 Å². The number of hydrogen-bond donors (Lipinski definition) is 3. The fraction of sp³-hybridized carbons (Fsp3) is 0.318. The monoisotopic (exact) mass is 454 g/mol. The van der Waals surface area contributed by atoms with Crippen LogP contribution in [0.1, 0.15) is 19.4 Å². The third-order valence-corrected chi connectivity index (χ3v) is 5.76. The van der Waals surface area contributed by atoms with Crippen molar-refractivity contribution in [3.05, 3.63) is 48.3 Å². The van der Waals surface area contributed by atoms with E-state index in [1.54, 1.807) is 38.2 Å². The summed E-state index contributed by atoms with van der Waals surface area (Å²) in [5, 5.41) is 15.6. The molecule has 10 heteroatoms. The SMILES string of the molecule is Cc1ccnc(Nc2cccc(-c3cnc(N(C)CC(=O)NC(C(=O)O)C(C)C)s3)n2)c1. The molecular formula is C22H26N6O3S. The molecule has 1 unspecified atom stereocenters. The highest BCUT2D eigenvalue weighted by atomic mass is 32.1. The zero-order chi connectivity index (χ0) is 23.3. The molecule has 9 nitrogen and oxygen atoms in total. The van der Waals surface area contributed by atoms with Gasteiger partial charge in [-0.2, -0.15) is 0 Å². The second kappa shape index (κ2) is 10.2. The van der Waals surface area contributed by atoms with Crippen molar-refractivity contribution in [1.82, 2.24) is 20.3 Å². The molecule has 3 rings (SSSR count). The summed E-state index contributed by atoms with van der Waals surface area (Å²) in [4.78, 5) is 39.4. The number of carboxylic acids is 1. The largest absolute Gasteiger partial charge is 0.480 e. The molecule has 1 amide bonds. The van der Waals surface area contributed by atoms with E-state index in [-0.39, 0.29) is 18.4 Å². The molecule has 168 valence electrons. The molecular weight excluding hydrogens is 428 g/mol. The average Bonchev–Trinajstić information content (AvgIpc) is 3.22. The van der Waals surface area contributed by atoms with Crippen molar-refractivity contribution >= 4 is 40.0 Å². The number of aromatic nitrogens is 3. The van der Waals surface area contributed by atoms with E-state index in [9.17, 15) is 14.7 Å². The number of thiazole rings is 1. The van der Waals surface area contributed by atoms with E-state index >= 15 is 0 Å². The van der Waals surface area contributed by atoms with Gasteiger partial charge in [0.1, 0.15) is 17.7 Å². The van der Waals surface area contributed by atoms with Gasteiger partial charge < -0.3 is 20.6 Å². The molecule has 32 heavy (non-hydrogen) atoms. The fourth-order valence-electron chi connectivity index (χ4n) is 2.95. The van der Waals surface area contributed by atoms with Gasteiger partial charge in [0.15, 0.2) is 5.13 Å². The number of amides is 1. The van der Waals surface area contributed by atoms with Gasteiger partial charge in [-0.05, 0) is 42.7 Å². The van der Waals surface area contributed by atoms with Crippen LogP contribution in [0.2, 0.25) is 0 Å². The summed E-state index contributed by atoms with van der Waals surface area (Å²) in [5.41, 5.74) is 1.84. The molecule has 1 atom stereocenters. The Bertz CT molecular complexity index is 1100. The zero-order valence-corrected chi connectivity index (χ0v) is 19.2. The maximum absolute atomic E-state index is 12.3. The minimum absolute atomic E-state index is 0.00248. The molecule has 0 bridgehead atoms. The zero-order valence-electron chi connectivity index (χ0n) is 18.4. The number of likely N-dealkylation sites (N-methyl/N-ethyl adjacent to an activating group) is 1. The molecule has 0 aliphatic carbocycles. The van der Waals surface area contributed by atoms with Gasteiger partial charge in [-0.15, -0.1) is 0 Å². The Balaban J connectivity index is 1.67. The van der Waals surface area contributed by atoms with E-state index in [4.69, 9.17) is 0 Å². The molecule has 3 N–H and O–H groups in total. The predicted molar refractivity (Wildman–Crippen MR) is 125 cm³/mol. The molecule has 0 spiro atoms. The highest BCUT2D eigenvalue weighted by Crippen LogP contribution is 2.30. The van der Waals surface area contributed by atoms with Crippen LogP contribution >= 0.6 is 11.3 Å². The molecule has 0 fully saturated rings. The number of nitrogens with zero attached hydrogens (tertiary/aromatic N) is 4. The van der Waals surface area contributed by atoms with Gasteiger partial charge in [-0.3, -0.25) is 4.79 Å². The molecule has 0 aliphatic rings. The second-order valence-electron chi connectivity index (χ2n) is 7.74. The first kappa shape index (κ1) is 23.1. The Hall–Kier alpha value is -3.53. The minimum atomic E-state index is -1.05. The Morgan fingerprint density at radius 2 is 1.97 bits per heavy atom. The number of carbonyl (C=O) groups excluding carboxylic acids is 1. The number of anilines is 3. The van der Waals surface area contributed by atoms with E-state index in [0.29, 0.717) is 16.8 Å². The standard InChI is InChI=1S/C22H26N6O3S/c1-13(2)20(21(30)31)27-19(29)12-28(4)22-24-11-16(32-22)15-6-5-7-17(25-15)26-18-10-14(3)8-9-23-18/h5-11,13,20H,12H2,1-4H3,(H,27,29)(H,30,31)(H,23,25,26). The van der Waals surface area contributed by atoms with Gasteiger partial charge in [0, 0.05) is 19.4 Å². The lowest BCUT2D eigenvalue weighted by molar-refractivity contribution is -0.142. The van der Waals surface area contributed by atoms with E-state index < -0.39 is 12.0 Å². The van der Waals surface area contributed by atoms with E-state index in [1.807, 2.05) is 37.3 Å². The fourth-order valence-corrected chi connectivity index (χ4v) is 3.80. The molecule has 0 saturated carbocycles. The number of carboxylic acid groups (broad SMARTS) is 1. The van der Waals surface area contributed by atoms with Crippen LogP contribution < -0.4 is 15.5 Å². The first-order chi connectivity index (χ1) is 15.2. The van der Waals surface area contributed by atoms with Crippen LogP contribution in [-0.2, 0) is 9.59 Å². The molecule has 3 heterocycles. The number of hydrogen-bond acceptors (Lipinski definition) is 8. The van der Waals surface area contributed by atoms with Crippen molar-refractivity contribution in [3.8, 4) is 10.6 Å². The van der Waals surface area contributed by atoms with Crippen molar-refractivity contribution in [2.24, 2.45) is 5.92 Å². The van der Waals surface area contributed by atoms with Crippen molar-refractivity contribution in [1.29, 1.82) is 0 Å². The summed E-state index contributed by atoms with van der Waals surface area (Å²) in [6.07, 6.45) is 3.45. The summed E-state index contributed by atoms with van der Waals surface area (Å²) in [5.74, 6) is -0.258. The molecule has 0 radical (unpaired) electrons. The topological polar surface area (TPSA) is 120 Å². The summed E-state index contributed by atoms with van der Waals surface area (Å²) in [6.45, 7) is 5.50. The lowest BCUT2D eigenvalue weighted by atomic mass is 10.1. The second-order valence-corrected chi connectivity index (χ2v) is 8.75.